The zero-order chi connectivity index (χ0) is 30.0. The van der Waals surface area contributed by atoms with Crippen LogP contribution >= 0.6 is 0 Å². The highest BCUT2D eigenvalue weighted by Crippen LogP contribution is 2.35. The maximum absolute atomic E-state index is 13.3. The lowest BCUT2D eigenvalue weighted by atomic mass is 9.85. The van der Waals surface area contributed by atoms with Gasteiger partial charge in [0.15, 0.2) is 28.8 Å². The van der Waals surface area contributed by atoms with Crippen molar-refractivity contribution in [2.24, 2.45) is 17.8 Å². The van der Waals surface area contributed by atoms with Crippen LogP contribution in [-0.4, -0.2) is 49.0 Å². The monoisotopic (exact) mass is 577 g/mol. The third-order valence-electron chi connectivity index (χ3n) is 7.37. The van der Waals surface area contributed by atoms with E-state index in [2.05, 4.69) is 16.0 Å². The average Bonchev–Trinajstić information content (AvgIpc) is 3.68. The molecule has 42 heavy (non-hydrogen) atoms. The number of hydrogen-bond donors (Lipinski definition) is 3. The molecule has 3 N–H and O–H groups in total. The number of imide groups is 1. The molecule has 3 aliphatic heterocycles. The van der Waals surface area contributed by atoms with Gasteiger partial charge in [-0.3, -0.25) is 29.3 Å². The molecule has 0 aromatic heterocycles. The van der Waals surface area contributed by atoms with Gasteiger partial charge in [0.25, 0.3) is 0 Å². The first kappa shape index (κ1) is 28.7. The van der Waals surface area contributed by atoms with E-state index in [4.69, 9.17) is 18.9 Å². The van der Waals surface area contributed by atoms with Crippen LogP contribution in [0, 0.1) is 17.8 Å². The van der Waals surface area contributed by atoms with E-state index in [1.54, 1.807) is 56.3 Å². The Bertz CT molecular complexity index is 1470. The van der Waals surface area contributed by atoms with Gasteiger partial charge < -0.3 is 29.6 Å². The summed E-state index contributed by atoms with van der Waals surface area (Å²) in [6, 6.07) is 8.55. The van der Waals surface area contributed by atoms with Gasteiger partial charge in [0.2, 0.25) is 37.2 Å². The van der Waals surface area contributed by atoms with Gasteiger partial charge in [0.05, 0.1) is 24.4 Å². The molecule has 0 radical (unpaired) electrons. The topological polar surface area (TPSA) is 158 Å². The Labute approximate surface area is 241 Å². The van der Waals surface area contributed by atoms with E-state index in [9.17, 15) is 24.0 Å². The van der Waals surface area contributed by atoms with Crippen molar-refractivity contribution in [3.63, 3.8) is 0 Å². The van der Waals surface area contributed by atoms with Gasteiger partial charge in [-0.2, -0.15) is 0 Å². The van der Waals surface area contributed by atoms with Crippen LogP contribution in [0.1, 0.15) is 44.4 Å². The fourth-order valence-corrected chi connectivity index (χ4v) is 5.04. The maximum Gasteiger partial charge on any atom is 0.244 e. The summed E-state index contributed by atoms with van der Waals surface area (Å²) in [5, 5.41) is 7.75. The third-order valence-corrected chi connectivity index (χ3v) is 7.37. The van der Waals surface area contributed by atoms with Crippen LogP contribution in [0.15, 0.2) is 42.5 Å². The Morgan fingerprint density at radius 1 is 0.905 bits per heavy atom. The number of ketones is 1. The molecule has 3 aliphatic rings. The maximum atomic E-state index is 13.3. The number of benzene rings is 2. The van der Waals surface area contributed by atoms with Crippen LogP contribution in [0.5, 0.6) is 23.0 Å². The van der Waals surface area contributed by atoms with E-state index in [-0.39, 0.29) is 25.9 Å². The molecule has 0 aliphatic carbocycles. The van der Waals surface area contributed by atoms with Crippen LogP contribution in [0.25, 0.3) is 6.08 Å². The quantitative estimate of drug-likeness (QED) is 0.218. The summed E-state index contributed by atoms with van der Waals surface area (Å²) in [5.74, 6) is -2.88. The van der Waals surface area contributed by atoms with Gasteiger partial charge in [-0.25, -0.2) is 0 Å². The molecule has 4 amide bonds. The fraction of sp³-hybridized carbons (Fsp3) is 0.367. The van der Waals surface area contributed by atoms with Crippen molar-refractivity contribution in [1.82, 2.24) is 16.0 Å². The Kier molecular flexibility index (Phi) is 8.14. The standard InChI is InChI=1S/C30H31N3O9/c1-15(2)27(28(36)26-16(3)29(37)33-30(26)38)32-25(35)12-19(18-6-8-21-23(11-18)42-14-40-21)31-24(34)9-5-17-4-7-20-22(10-17)41-13-39-20/h4-11,15-16,19,26-27H,12-14H2,1-3H3,(H,31,34)(H,32,35)(H,33,37,38)/b9-5+/t16-,19?,26+,27-/m0/s1. The molecule has 1 fully saturated rings. The van der Waals surface area contributed by atoms with Crippen molar-refractivity contribution in [1.29, 1.82) is 0 Å². The lowest BCUT2D eigenvalue weighted by molar-refractivity contribution is -0.137. The van der Waals surface area contributed by atoms with Crippen molar-refractivity contribution in [2.45, 2.75) is 39.3 Å². The second-order valence-corrected chi connectivity index (χ2v) is 10.6. The summed E-state index contributed by atoms with van der Waals surface area (Å²) in [5.41, 5.74) is 1.30. The number of amides is 4. The Balaban J connectivity index is 1.31. The Hall–Kier alpha value is -4.87. The zero-order valence-electron chi connectivity index (χ0n) is 23.3. The third kappa shape index (κ3) is 6.07. The minimum Gasteiger partial charge on any atom is -0.454 e. The van der Waals surface area contributed by atoms with Gasteiger partial charge in [-0.05, 0) is 47.4 Å². The number of hydrogen-bond acceptors (Lipinski definition) is 9. The largest absolute Gasteiger partial charge is 0.454 e. The second kappa shape index (κ2) is 11.9. The van der Waals surface area contributed by atoms with E-state index in [1.165, 1.54) is 13.0 Å². The van der Waals surface area contributed by atoms with Crippen LogP contribution in [0.2, 0.25) is 0 Å². The summed E-state index contributed by atoms with van der Waals surface area (Å²) in [6.45, 7) is 5.17. The smallest absolute Gasteiger partial charge is 0.244 e. The lowest BCUT2D eigenvalue weighted by Gasteiger charge is -2.26. The summed E-state index contributed by atoms with van der Waals surface area (Å²) in [7, 11) is 0. The normalized spacial score (nSPS) is 20.0. The predicted octanol–water partition coefficient (Wildman–Crippen LogP) is 2.02. The number of ether oxygens (including phenoxy) is 4. The predicted molar refractivity (Wildman–Crippen MR) is 147 cm³/mol. The number of fused-ring (bicyclic) bond motifs is 2. The molecule has 0 spiro atoms. The highest BCUT2D eigenvalue weighted by Gasteiger charge is 2.46. The van der Waals surface area contributed by atoms with Gasteiger partial charge in [0.1, 0.15) is 5.92 Å². The molecule has 0 bridgehead atoms. The van der Waals surface area contributed by atoms with Crippen molar-refractivity contribution >= 4 is 35.5 Å². The highest BCUT2D eigenvalue weighted by molar-refractivity contribution is 6.16. The lowest BCUT2D eigenvalue weighted by Crippen LogP contribution is -2.49. The molecule has 1 saturated heterocycles. The minimum atomic E-state index is -1.18. The van der Waals surface area contributed by atoms with Crippen LogP contribution < -0.4 is 34.9 Å². The molecule has 12 nitrogen and oxygen atoms in total. The van der Waals surface area contributed by atoms with Crippen LogP contribution in [-0.2, 0) is 24.0 Å². The second-order valence-electron chi connectivity index (χ2n) is 10.6. The van der Waals surface area contributed by atoms with Crippen molar-refractivity contribution in [3.8, 4) is 23.0 Å². The molecule has 2 aromatic carbocycles. The van der Waals surface area contributed by atoms with E-state index < -0.39 is 53.3 Å². The first-order valence-corrected chi connectivity index (χ1v) is 13.6. The Morgan fingerprint density at radius 2 is 1.55 bits per heavy atom. The number of nitrogens with one attached hydrogen (secondary N) is 3. The van der Waals surface area contributed by atoms with Gasteiger partial charge in [0, 0.05) is 6.08 Å². The molecular formula is C30H31N3O9. The summed E-state index contributed by atoms with van der Waals surface area (Å²) in [4.78, 5) is 63.8. The molecule has 1 unspecified atom stereocenters. The molecule has 220 valence electrons. The summed E-state index contributed by atoms with van der Waals surface area (Å²) >= 11 is 0. The van der Waals surface area contributed by atoms with Gasteiger partial charge in [-0.1, -0.05) is 32.9 Å². The molecular weight excluding hydrogens is 546 g/mol. The van der Waals surface area contributed by atoms with Crippen molar-refractivity contribution in [3.05, 3.63) is 53.6 Å². The molecule has 3 heterocycles. The average molecular weight is 578 g/mol. The fourth-order valence-electron chi connectivity index (χ4n) is 5.04. The Morgan fingerprint density at radius 3 is 2.19 bits per heavy atom. The molecule has 12 heteroatoms. The number of rotatable bonds is 10. The van der Waals surface area contributed by atoms with E-state index in [0.717, 1.165) is 0 Å². The van der Waals surface area contributed by atoms with E-state index >= 15 is 0 Å². The SMILES string of the molecule is CC(C)[C@H](NC(=O)CC(NC(=O)/C=C/c1ccc2c(c1)OCO2)c1ccc2c(c1)OCO2)C(=O)[C@@H]1C(=O)NC(=O)[C@H]1C. The highest BCUT2D eigenvalue weighted by atomic mass is 16.7. The number of carbonyl (C=O) groups excluding carboxylic acids is 5. The summed E-state index contributed by atoms with van der Waals surface area (Å²) < 4.78 is 21.5. The van der Waals surface area contributed by atoms with Crippen LogP contribution in [0.3, 0.4) is 0 Å². The zero-order valence-corrected chi connectivity index (χ0v) is 23.3. The number of carbonyl (C=O) groups is 5. The molecule has 4 atom stereocenters. The van der Waals surface area contributed by atoms with Crippen molar-refractivity contribution in [2.75, 3.05) is 13.6 Å². The molecule has 2 aromatic rings. The summed E-state index contributed by atoms with van der Waals surface area (Å²) in [6.07, 6.45) is 2.73. The van der Waals surface area contributed by atoms with Gasteiger partial charge >= 0.3 is 0 Å². The first-order chi connectivity index (χ1) is 20.1. The van der Waals surface area contributed by atoms with E-state index in [0.29, 0.717) is 34.1 Å². The first-order valence-electron chi connectivity index (χ1n) is 13.6. The molecule has 0 saturated carbocycles. The molecule has 5 rings (SSSR count). The van der Waals surface area contributed by atoms with Crippen LogP contribution in [0.4, 0.5) is 0 Å². The minimum absolute atomic E-state index is 0.0580. The number of Topliss-reactive ketones (excluding diaryl/α,β-unsaturated/α-hetero) is 1. The van der Waals surface area contributed by atoms with E-state index in [1.807, 2.05) is 0 Å². The van der Waals surface area contributed by atoms with Crippen molar-refractivity contribution < 1.29 is 42.9 Å². The van der Waals surface area contributed by atoms with Gasteiger partial charge in [-0.15, -0.1) is 0 Å².